The Bertz CT molecular complexity index is 349. The van der Waals surface area contributed by atoms with Crippen LogP contribution < -0.4 is 5.73 Å². The van der Waals surface area contributed by atoms with E-state index in [2.05, 4.69) is 58.9 Å². The van der Waals surface area contributed by atoms with Crippen molar-refractivity contribution in [2.45, 2.75) is 53.5 Å². The zero-order chi connectivity index (χ0) is 13.1. The maximum Gasteiger partial charge on any atom is 0.0297 e. The second-order valence-corrected chi connectivity index (χ2v) is 6.63. The van der Waals surface area contributed by atoms with E-state index in [9.17, 15) is 0 Å². The molecular weight excluding hydrogens is 206 g/mol. The third-order valence-corrected chi connectivity index (χ3v) is 3.09. The molecule has 2 atom stereocenters. The third kappa shape index (κ3) is 5.36. The highest BCUT2D eigenvalue weighted by Gasteiger charge is 2.18. The number of benzene rings is 1. The van der Waals surface area contributed by atoms with Crippen molar-refractivity contribution in [3.8, 4) is 0 Å². The first-order valence-electron chi connectivity index (χ1n) is 6.60. The van der Waals surface area contributed by atoms with Crippen molar-refractivity contribution in [2.75, 3.05) is 0 Å². The maximum atomic E-state index is 6.28. The van der Waals surface area contributed by atoms with E-state index >= 15 is 0 Å². The number of hydrogen-bond donors (Lipinski definition) is 1. The molecule has 1 heteroatoms. The Morgan fingerprint density at radius 1 is 1.24 bits per heavy atom. The predicted octanol–water partition coefficient (Wildman–Crippen LogP) is 4.46. The number of nitrogens with two attached hydrogens (primary N) is 1. The average Bonchev–Trinajstić information content (AvgIpc) is 2.14. The first kappa shape index (κ1) is 14.2. The van der Waals surface area contributed by atoms with Crippen LogP contribution in [0.15, 0.2) is 24.3 Å². The summed E-state index contributed by atoms with van der Waals surface area (Å²) in [7, 11) is 0. The van der Waals surface area contributed by atoms with Gasteiger partial charge in [-0.25, -0.2) is 0 Å². The number of aryl methyl sites for hydroxylation is 1. The summed E-state index contributed by atoms with van der Waals surface area (Å²) >= 11 is 0. The van der Waals surface area contributed by atoms with Crippen molar-refractivity contribution >= 4 is 0 Å². The van der Waals surface area contributed by atoms with Crippen molar-refractivity contribution in [2.24, 2.45) is 17.1 Å². The lowest BCUT2D eigenvalue weighted by Gasteiger charge is -2.25. The van der Waals surface area contributed by atoms with Gasteiger partial charge >= 0.3 is 0 Å². The van der Waals surface area contributed by atoms with E-state index < -0.39 is 0 Å². The third-order valence-electron chi connectivity index (χ3n) is 3.09. The minimum absolute atomic E-state index is 0.173. The lowest BCUT2D eigenvalue weighted by atomic mass is 9.82. The van der Waals surface area contributed by atoms with E-state index in [1.54, 1.807) is 0 Å². The normalized spacial score (nSPS) is 15.6. The summed E-state index contributed by atoms with van der Waals surface area (Å²) in [5.74, 6) is 0.672. The predicted molar refractivity (Wildman–Crippen MR) is 76.0 cm³/mol. The van der Waals surface area contributed by atoms with Crippen LogP contribution in [0.2, 0.25) is 0 Å². The molecule has 17 heavy (non-hydrogen) atoms. The highest BCUT2D eigenvalue weighted by atomic mass is 14.6. The monoisotopic (exact) mass is 233 g/mol. The highest BCUT2D eigenvalue weighted by Crippen LogP contribution is 2.29. The van der Waals surface area contributed by atoms with E-state index in [4.69, 9.17) is 5.73 Å². The molecule has 0 aliphatic heterocycles. The molecule has 0 aromatic heterocycles. The van der Waals surface area contributed by atoms with E-state index in [1.165, 1.54) is 17.5 Å². The second-order valence-electron chi connectivity index (χ2n) is 6.63. The van der Waals surface area contributed by atoms with Gasteiger partial charge in [-0.3, -0.25) is 0 Å². The van der Waals surface area contributed by atoms with Gasteiger partial charge in [0, 0.05) is 6.04 Å². The molecule has 1 aromatic carbocycles. The fraction of sp³-hybridized carbons (Fsp3) is 0.625. The maximum absolute atomic E-state index is 6.28. The summed E-state index contributed by atoms with van der Waals surface area (Å²) in [6, 6.07) is 8.73. The summed E-state index contributed by atoms with van der Waals surface area (Å²) in [4.78, 5) is 0. The molecule has 0 radical (unpaired) electrons. The van der Waals surface area contributed by atoms with Crippen LogP contribution in [0, 0.1) is 18.3 Å². The second kappa shape index (κ2) is 5.68. The Hall–Kier alpha value is -0.820. The summed E-state index contributed by atoms with van der Waals surface area (Å²) in [5, 5.41) is 0. The minimum atomic E-state index is 0.173. The molecule has 1 aromatic rings. The topological polar surface area (TPSA) is 26.0 Å². The molecular formula is C16H27N. The van der Waals surface area contributed by atoms with Crippen LogP contribution in [0.4, 0.5) is 0 Å². The average molecular weight is 233 g/mol. The molecule has 0 aliphatic carbocycles. The molecule has 96 valence electrons. The highest BCUT2D eigenvalue weighted by molar-refractivity contribution is 5.24. The van der Waals surface area contributed by atoms with E-state index in [0.717, 1.165) is 6.42 Å². The lowest BCUT2D eigenvalue weighted by Crippen LogP contribution is -2.18. The molecule has 2 unspecified atom stereocenters. The molecule has 0 saturated heterocycles. The van der Waals surface area contributed by atoms with Gasteiger partial charge in [0.15, 0.2) is 0 Å². The van der Waals surface area contributed by atoms with E-state index in [1.807, 2.05) is 0 Å². The summed E-state index contributed by atoms with van der Waals surface area (Å²) < 4.78 is 0. The van der Waals surface area contributed by atoms with Gasteiger partial charge in [-0.15, -0.1) is 0 Å². The zero-order valence-corrected chi connectivity index (χ0v) is 12.0. The van der Waals surface area contributed by atoms with E-state index in [0.29, 0.717) is 11.3 Å². The van der Waals surface area contributed by atoms with Gasteiger partial charge in [0.25, 0.3) is 0 Å². The van der Waals surface area contributed by atoms with Gasteiger partial charge < -0.3 is 5.73 Å². The molecule has 0 saturated carbocycles. The quantitative estimate of drug-likeness (QED) is 0.816. The Kier molecular flexibility index (Phi) is 4.76. The number of rotatable bonds is 4. The largest absolute Gasteiger partial charge is 0.324 e. The first-order chi connectivity index (χ1) is 7.78. The van der Waals surface area contributed by atoms with Crippen LogP contribution in [0.3, 0.4) is 0 Å². The van der Waals surface area contributed by atoms with Gasteiger partial charge in [-0.05, 0) is 36.7 Å². The van der Waals surface area contributed by atoms with Gasteiger partial charge in [0.1, 0.15) is 0 Å². The summed E-state index contributed by atoms with van der Waals surface area (Å²) in [5.41, 5.74) is 9.24. The molecule has 1 rings (SSSR count). The van der Waals surface area contributed by atoms with Crippen LogP contribution in [0.1, 0.15) is 57.7 Å². The number of hydrogen-bond acceptors (Lipinski definition) is 1. The van der Waals surface area contributed by atoms with Crippen molar-refractivity contribution in [3.05, 3.63) is 35.4 Å². The van der Waals surface area contributed by atoms with Crippen LogP contribution in [0.25, 0.3) is 0 Å². The van der Waals surface area contributed by atoms with Crippen LogP contribution >= 0.6 is 0 Å². The lowest BCUT2D eigenvalue weighted by molar-refractivity contribution is 0.286. The fourth-order valence-electron chi connectivity index (χ4n) is 2.60. The Labute approximate surface area is 106 Å². The summed E-state index contributed by atoms with van der Waals surface area (Å²) in [6.45, 7) is 11.3. The van der Waals surface area contributed by atoms with Crippen molar-refractivity contribution in [1.29, 1.82) is 0 Å². The van der Waals surface area contributed by atoms with Gasteiger partial charge in [-0.1, -0.05) is 57.5 Å². The molecule has 0 amide bonds. The Balaban J connectivity index is 2.57. The van der Waals surface area contributed by atoms with Crippen molar-refractivity contribution in [1.82, 2.24) is 0 Å². The van der Waals surface area contributed by atoms with Crippen molar-refractivity contribution in [3.63, 3.8) is 0 Å². The molecule has 0 bridgehead atoms. The Morgan fingerprint density at radius 2 is 1.88 bits per heavy atom. The van der Waals surface area contributed by atoms with Crippen LogP contribution in [-0.4, -0.2) is 0 Å². The van der Waals surface area contributed by atoms with E-state index in [-0.39, 0.29) is 6.04 Å². The van der Waals surface area contributed by atoms with Crippen LogP contribution in [-0.2, 0) is 0 Å². The molecule has 0 fully saturated rings. The summed E-state index contributed by atoms with van der Waals surface area (Å²) in [6.07, 6.45) is 2.30. The SMILES string of the molecule is Cc1cccc(C(N)CC(C)CC(C)(C)C)c1. The molecule has 2 N–H and O–H groups in total. The van der Waals surface area contributed by atoms with Gasteiger partial charge in [-0.2, -0.15) is 0 Å². The van der Waals surface area contributed by atoms with Crippen molar-refractivity contribution < 1.29 is 0 Å². The molecule has 1 nitrogen and oxygen atoms in total. The smallest absolute Gasteiger partial charge is 0.0297 e. The molecule has 0 heterocycles. The van der Waals surface area contributed by atoms with Crippen LogP contribution in [0.5, 0.6) is 0 Å². The first-order valence-corrected chi connectivity index (χ1v) is 6.60. The fourth-order valence-corrected chi connectivity index (χ4v) is 2.60. The standard InChI is InChI=1S/C16H27N/c1-12-7-6-8-14(9-12)15(17)10-13(2)11-16(3,4)5/h6-9,13,15H,10-11,17H2,1-5H3. The van der Waals surface area contributed by atoms with Gasteiger partial charge in [0.2, 0.25) is 0 Å². The molecule has 0 spiro atoms. The Morgan fingerprint density at radius 3 is 2.41 bits per heavy atom. The zero-order valence-electron chi connectivity index (χ0n) is 12.0. The molecule has 0 aliphatic rings. The minimum Gasteiger partial charge on any atom is -0.324 e. The van der Waals surface area contributed by atoms with Gasteiger partial charge in [0.05, 0.1) is 0 Å².